The molecular weight excluding hydrogens is 244 g/mol. The van der Waals surface area contributed by atoms with Crippen molar-refractivity contribution < 1.29 is 9.00 Å². The van der Waals surface area contributed by atoms with Gasteiger partial charge in [0.2, 0.25) is 5.91 Å². The van der Waals surface area contributed by atoms with Crippen molar-refractivity contribution in [1.82, 2.24) is 4.90 Å². The molecule has 0 saturated carbocycles. The van der Waals surface area contributed by atoms with E-state index in [0.717, 1.165) is 0 Å². The van der Waals surface area contributed by atoms with Crippen LogP contribution in [-0.2, 0) is 15.6 Å². The molecule has 0 aromatic rings. The Balaban J connectivity index is 2.76. The van der Waals surface area contributed by atoms with E-state index in [4.69, 9.17) is 18.0 Å². The zero-order valence-electron chi connectivity index (χ0n) is 9.69. The van der Waals surface area contributed by atoms with Crippen LogP contribution in [0.15, 0.2) is 0 Å². The molecule has 0 aromatic carbocycles. The summed E-state index contributed by atoms with van der Waals surface area (Å²) in [6.45, 7) is 4.77. The van der Waals surface area contributed by atoms with Crippen LogP contribution in [0.5, 0.6) is 0 Å². The molecule has 0 spiro atoms. The summed E-state index contributed by atoms with van der Waals surface area (Å²) < 4.78 is 11.2. The largest absolute Gasteiger partial charge is 0.392 e. The predicted octanol–water partition coefficient (Wildman–Crippen LogP) is 0.280. The first-order valence-electron chi connectivity index (χ1n) is 5.36. The molecule has 1 aliphatic heterocycles. The van der Waals surface area contributed by atoms with Crippen molar-refractivity contribution in [2.45, 2.75) is 20.3 Å². The Morgan fingerprint density at radius 3 is 2.38 bits per heavy atom. The Hall–Kier alpha value is -0.490. The van der Waals surface area contributed by atoms with Crippen LogP contribution in [0.25, 0.3) is 0 Å². The number of amides is 1. The highest BCUT2D eigenvalue weighted by molar-refractivity contribution is 7.85. The molecule has 1 aliphatic rings. The summed E-state index contributed by atoms with van der Waals surface area (Å²) >= 11 is 4.97. The second kappa shape index (κ2) is 5.23. The Morgan fingerprint density at radius 2 is 2.00 bits per heavy atom. The van der Waals surface area contributed by atoms with Gasteiger partial charge in [-0.3, -0.25) is 9.00 Å². The van der Waals surface area contributed by atoms with Gasteiger partial charge in [0.25, 0.3) is 0 Å². The number of thiocarbonyl (C=S) groups is 1. The molecule has 0 radical (unpaired) electrons. The third-order valence-electron chi connectivity index (χ3n) is 3.19. The van der Waals surface area contributed by atoms with Crippen LogP contribution in [0, 0.1) is 5.41 Å². The summed E-state index contributed by atoms with van der Waals surface area (Å²) in [5.74, 6) is 1.09. The van der Waals surface area contributed by atoms with Crippen molar-refractivity contribution in [3.63, 3.8) is 0 Å². The van der Waals surface area contributed by atoms with Crippen LogP contribution in [0.1, 0.15) is 20.3 Å². The van der Waals surface area contributed by atoms with Gasteiger partial charge in [-0.1, -0.05) is 19.1 Å². The van der Waals surface area contributed by atoms with E-state index in [9.17, 15) is 9.00 Å². The first kappa shape index (κ1) is 13.6. The maximum Gasteiger partial charge on any atom is 0.235 e. The molecular formula is C10H18N2O2S2. The molecule has 2 N–H and O–H groups in total. The highest BCUT2D eigenvalue weighted by Crippen LogP contribution is 2.25. The number of hydrogen-bond donors (Lipinski definition) is 1. The Bertz CT molecular complexity index is 323. The Labute approximate surface area is 104 Å². The quantitative estimate of drug-likeness (QED) is 0.742. The predicted molar refractivity (Wildman–Crippen MR) is 69.6 cm³/mol. The van der Waals surface area contributed by atoms with Gasteiger partial charge in [0.05, 0.1) is 10.4 Å². The van der Waals surface area contributed by atoms with Gasteiger partial charge in [0.15, 0.2) is 0 Å². The van der Waals surface area contributed by atoms with E-state index >= 15 is 0 Å². The molecule has 1 unspecified atom stereocenters. The van der Waals surface area contributed by atoms with Crippen LogP contribution in [0.4, 0.5) is 0 Å². The van der Waals surface area contributed by atoms with Gasteiger partial charge in [-0.05, 0) is 13.3 Å². The van der Waals surface area contributed by atoms with E-state index in [1.54, 1.807) is 11.8 Å². The van der Waals surface area contributed by atoms with Gasteiger partial charge < -0.3 is 10.6 Å². The summed E-state index contributed by atoms with van der Waals surface area (Å²) in [5.41, 5.74) is 4.88. The molecule has 1 atom stereocenters. The van der Waals surface area contributed by atoms with Crippen molar-refractivity contribution in [3.05, 3.63) is 0 Å². The van der Waals surface area contributed by atoms with E-state index in [1.165, 1.54) is 0 Å². The summed E-state index contributed by atoms with van der Waals surface area (Å²) in [6.07, 6.45) is 0.598. The molecule has 0 aromatic heterocycles. The van der Waals surface area contributed by atoms with Crippen molar-refractivity contribution in [1.29, 1.82) is 0 Å². The SMILES string of the molecule is CCC(C)(C(=O)N1CCS(=O)CC1)C(N)=S. The maximum absolute atomic E-state index is 12.3. The minimum Gasteiger partial charge on any atom is -0.392 e. The third-order valence-corrected chi connectivity index (χ3v) is 4.91. The second-order valence-corrected chi connectivity index (χ2v) is 6.33. The number of carbonyl (C=O) groups is 1. The summed E-state index contributed by atoms with van der Waals surface area (Å²) in [6, 6.07) is 0. The van der Waals surface area contributed by atoms with E-state index in [0.29, 0.717) is 31.0 Å². The molecule has 1 saturated heterocycles. The standard InChI is InChI=1S/C10H18N2O2S2/c1-3-10(2,8(11)15)9(13)12-4-6-16(14)7-5-12/h3-7H2,1-2H3,(H2,11,15). The number of rotatable bonds is 3. The lowest BCUT2D eigenvalue weighted by atomic mass is 9.86. The van der Waals surface area contributed by atoms with Crippen molar-refractivity contribution in [3.8, 4) is 0 Å². The summed E-state index contributed by atoms with van der Waals surface area (Å²) in [7, 11) is -0.775. The molecule has 16 heavy (non-hydrogen) atoms. The van der Waals surface area contributed by atoms with Gasteiger partial charge in [0.1, 0.15) is 0 Å². The van der Waals surface area contributed by atoms with Crippen molar-refractivity contribution in [2.24, 2.45) is 11.1 Å². The Morgan fingerprint density at radius 1 is 1.50 bits per heavy atom. The number of carbonyl (C=O) groups excluding carboxylic acids is 1. The zero-order chi connectivity index (χ0) is 12.3. The molecule has 1 heterocycles. The lowest BCUT2D eigenvalue weighted by molar-refractivity contribution is -0.137. The van der Waals surface area contributed by atoms with Gasteiger partial charge in [0, 0.05) is 35.4 Å². The second-order valence-electron chi connectivity index (χ2n) is 4.19. The first-order valence-corrected chi connectivity index (χ1v) is 7.25. The van der Waals surface area contributed by atoms with Crippen molar-refractivity contribution in [2.75, 3.05) is 24.6 Å². The molecule has 0 bridgehead atoms. The average Bonchev–Trinajstić information content (AvgIpc) is 2.27. The zero-order valence-corrected chi connectivity index (χ0v) is 11.3. The molecule has 4 nitrogen and oxygen atoms in total. The number of hydrogen-bond acceptors (Lipinski definition) is 3. The van der Waals surface area contributed by atoms with Gasteiger partial charge in [-0.25, -0.2) is 0 Å². The molecule has 1 rings (SSSR count). The highest BCUT2D eigenvalue weighted by Gasteiger charge is 2.38. The van der Waals surface area contributed by atoms with Crippen LogP contribution < -0.4 is 5.73 Å². The Kier molecular flexibility index (Phi) is 4.43. The van der Waals surface area contributed by atoms with E-state index in [1.807, 2.05) is 6.92 Å². The van der Waals surface area contributed by atoms with Crippen molar-refractivity contribution >= 4 is 33.9 Å². The molecule has 6 heteroatoms. The molecule has 1 amide bonds. The minimum atomic E-state index is -0.775. The fraction of sp³-hybridized carbons (Fsp3) is 0.800. The van der Waals surface area contributed by atoms with Gasteiger partial charge >= 0.3 is 0 Å². The minimum absolute atomic E-state index is 0.0285. The van der Waals surface area contributed by atoms with E-state index < -0.39 is 16.2 Å². The number of nitrogens with two attached hydrogens (primary N) is 1. The van der Waals surface area contributed by atoms with Crippen LogP contribution in [0.2, 0.25) is 0 Å². The maximum atomic E-state index is 12.3. The highest BCUT2D eigenvalue weighted by atomic mass is 32.2. The molecule has 92 valence electrons. The van der Waals surface area contributed by atoms with Crippen LogP contribution >= 0.6 is 12.2 Å². The fourth-order valence-electron chi connectivity index (χ4n) is 1.62. The van der Waals surface area contributed by atoms with E-state index in [-0.39, 0.29) is 10.9 Å². The van der Waals surface area contributed by atoms with Gasteiger partial charge in [-0.15, -0.1) is 0 Å². The smallest absolute Gasteiger partial charge is 0.235 e. The lowest BCUT2D eigenvalue weighted by Crippen LogP contribution is -2.52. The third kappa shape index (κ3) is 2.60. The van der Waals surface area contributed by atoms with Crippen LogP contribution in [-0.4, -0.2) is 44.6 Å². The molecule has 0 aliphatic carbocycles. The monoisotopic (exact) mass is 262 g/mol. The van der Waals surface area contributed by atoms with E-state index in [2.05, 4.69) is 0 Å². The topological polar surface area (TPSA) is 63.4 Å². The summed E-state index contributed by atoms with van der Waals surface area (Å²) in [4.78, 5) is 14.2. The normalized spacial score (nSPS) is 21.5. The average molecular weight is 262 g/mol. The summed E-state index contributed by atoms with van der Waals surface area (Å²) in [5, 5.41) is 0. The number of nitrogens with zero attached hydrogens (tertiary/aromatic N) is 1. The lowest BCUT2D eigenvalue weighted by Gasteiger charge is -2.35. The van der Waals surface area contributed by atoms with Gasteiger partial charge in [-0.2, -0.15) is 0 Å². The van der Waals surface area contributed by atoms with Crippen LogP contribution in [0.3, 0.4) is 0 Å². The fourth-order valence-corrected chi connectivity index (χ4v) is 2.90. The molecule has 1 fully saturated rings. The first-order chi connectivity index (χ1) is 7.41.